The van der Waals surface area contributed by atoms with Gasteiger partial charge in [0, 0.05) is 12.1 Å². The molecule has 7 heteroatoms. The molecule has 0 amide bonds. The highest BCUT2D eigenvalue weighted by Crippen LogP contribution is 2.47. The van der Waals surface area contributed by atoms with Gasteiger partial charge in [-0.15, -0.1) is 0 Å². The van der Waals surface area contributed by atoms with Gasteiger partial charge in [0.2, 0.25) is 8.32 Å². The number of hydrogen-bond donors (Lipinski definition) is 1. The van der Waals surface area contributed by atoms with Crippen molar-refractivity contribution in [1.29, 1.82) is 0 Å². The van der Waals surface area contributed by atoms with Gasteiger partial charge in [0.25, 0.3) is 0 Å². The van der Waals surface area contributed by atoms with Gasteiger partial charge >= 0.3 is 0 Å². The third kappa shape index (κ3) is 3.40. The van der Waals surface area contributed by atoms with E-state index in [0.29, 0.717) is 46.0 Å². The van der Waals surface area contributed by atoms with E-state index in [1.54, 1.807) is 0 Å². The van der Waals surface area contributed by atoms with E-state index in [9.17, 15) is 0 Å². The number of fused-ring (bicyclic) bond motifs is 1. The van der Waals surface area contributed by atoms with Gasteiger partial charge in [-0.1, -0.05) is 41.5 Å². The Morgan fingerprint density at radius 1 is 1.00 bits per heavy atom. The summed E-state index contributed by atoms with van der Waals surface area (Å²) in [6.07, 6.45) is 5.89. The number of hydrogen-bond acceptors (Lipinski definition) is 5. The molecule has 1 saturated carbocycles. The van der Waals surface area contributed by atoms with Crippen LogP contribution >= 0.6 is 0 Å². The molecule has 0 spiro atoms. The lowest BCUT2D eigenvalue weighted by Gasteiger charge is -2.48. The molecule has 0 aliphatic heterocycles. The molecule has 1 aliphatic carbocycles. The summed E-state index contributed by atoms with van der Waals surface area (Å²) in [7, 11) is -1.83. The van der Waals surface area contributed by atoms with E-state index in [1.807, 2.05) is 6.33 Å². The first-order valence-electron chi connectivity index (χ1n) is 10.3. The Labute approximate surface area is 164 Å². The molecule has 1 atom stereocenters. The van der Waals surface area contributed by atoms with Gasteiger partial charge in [-0.05, 0) is 42.3 Å². The molecule has 0 aromatic carbocycles. The molecular weight excluding hydrogens is 354 g/mol. The van der Waals surface area contributed by atoms with Gasteiger partial charge in [-0.2, -0.15) is 0 Å². The highest BCUT2D eigenvalue weighted by Gasteiger charge is 2.48. The van der Waals surface area contributed by atoms with Crippen molar-refractivity contribution in [2.75, 3.05) is 5.73 Å². The van der Waals surface area contributed by atoms with Crippen molar-refractivity contribution >= 4 is 25.3 Å². The number of rotatable bonds is 7. The number of aromatic nitrogens is 4. The highest BCUT2D eigenvalue weighted by atomic mass is 28.4. The maximum atomic E-state index is 6.97. The van der Waals surface area contributed by atoms with E-state index in [2.05, 4.69) is 68.0 Å². The molecule has 3 rings (SSSR count). The molecule has 6 nitrogen and oxygen atoms in total. The zero-order chi connectivity index (χ0) is 19.9. The van der Waals surface area contributed by atoms with Gasteiger partial charge < -0.3 is 14.7 Å². The summed E-state index contributed by atoms with van der Waals surface area (Å²) >= 11 is 0. The average molecular weight is 390 g/mol. The van der Waals surface area contributed by atoms with E-state index in [4.69, 9.17) is 10.2 Å². The summed E-state index contributed by atoms with van der Waals surface area (Å²) in [5, 5.41) is 0. The van der Waals surface area contributed by atoms with Crippen LogP contribution in [0.4, 0.5) is 5.82 Å². The standard InChI is InChI=1S/C20H35N5OSi/c1-12(2)27(13(3)4,14(5)6)26-15(7)16-8-17(9-16)25-11-24-18-19(21)22-10-23-20(18)25/h10-17H,8-9H2,1-7H3,(H2,21,22,23). The predicted octanol–water partition coefficient (Wildman–Crippen LogP) is 4.94. The molecule has 0 saturated heterocycles. The number of anilines is 1. The quantitative estimate of drug-likeness (QED) is 0.678. The van der Waals surface area contributed by atoms with Gasteiger partial charge in [0.05, 0.1) is 6.33 Å². The van der Waals surface area contributed by atoms with Crippen LogP contribution in [0.2, 0.25) is 16.6 Å². The maximum absolute atomic E-state index is 6.97. The summed E-state index contributed by atoms with van der Waals surface area (Å²) < 4.78 is 9.13. The smallest absolute Gasteiger partial charge is 0.200 e. The third-order valence-electron chi connectivity index (χ3n) is 6.69. The van der Waals surface area contributed by atoms with Crippen LogP contribution in [0.15, 0.2) is 12.7 Å². The normalized spacial score (nSPS) is 22.0. The second kappa shape index (κ2) is 7.51. The molecule has 0 radical (unpaired) electrons. The van der Waals surface area contributed by atoms with Gasteiger partial charge in [-0.25, -0.2) is 15.0 Å². The van der Waals surface area contributed by atoms with E-state index < -0.39 is 8.32 Å². The Morgan fingerprint density at radius 3 is 2.15 bits per heavy atom. The molecule has 2 aromatic heterocycles. The molecule has 1 unspecified atom stereocenters. The second-order valence-electron chi connectivity index (χ2n) is 9.11. The summed E-state index contributed by atoms with van der Waals surface area (Å²) in [6, 6.07) is 0.425. The first kappa shape index (κ1) is 20.3. The van der Waals surface area contributed by atoms with Crippen molar-refractivity contribution in [3.8, 4) is 0 Å². The van der Waals surface area contributed by atoms with E-state index in [0.717, 1.165) is 18.5 Å². The monoisotopic (exact) mass is 389 g/mol. The topological polar surface area (TPSA) is 78.9 Å². The van der Waals surface area contributed by atoms with Gasteiger partial charge in [0.15, 0.2) is 11.5 Å². The first-order chi connectivity index (χ1) is 12.7. The molecule has 27 heavy (non-hydrogen) atoms. The van der Waals surface area contributed by atoms with Crippen molar-refractivity contribution in [2.45, 2.75) is 90.1 Å². The summed E-state index contributed by atoms with van der Waals surface area (Å²) in [5.74, 6) is 1.04. The Morgan fingerprint density at radius 2 is 1.59 bits per heavy atom. The zero-order valence-electron chi connectivity index (χ0n) is 17.8. The van der Waals surface area contributed by atoms with Crippen LogP contribution in [-0.2, 0) is 4.43 Å². The van der Waals surface area contributed by atoms with Crippen molar-refractivity contribution in [1.82, 2.24) is 19.5 Å². The van der Waals surface area contributed by atoms with Crippen LogP contribution in [-0.4, -0.2) is 33.9 Å². The fourth-order valence-corrected chi connectivity index (χ4v) is 10.9. The van der Waals surface area contributed by atoms with Crippen LogP contribution < -0.4 is 5.73 Å². The Hall–Kier alpha value is -1.47. The lowest BCUT2D eigenvalue weighted by molar-refractivity contribution is 0.0502. The number of nitrogens with zero attached hydrogens (tertiary/aromatic N) is 4. The lowest BCUT2D eigenvalue weighted by atomic mass is 9.77. The van der Waals surface area contributed by atoms with Crippen LogP contribution in [0.5, 0.6) is 0 Å². The summed E-state index contributed by atoms with van der Waals surface area (Å²) in [6.45, 7) is 16.4. The van der Waals surface area contributed by atoms with Crippen molar-refractivity contribution in [2.24, 2.45) is 5.92 Å². The minimum absolute atomic E-state index is 0.301. The lowest BCUT2D eigenvalue weighted by Crippen LogP contribution is -2.52. The Bertz CT molecular complexity index is 760. The van der Waals surface area contributed by atoms with Gasteiger partial charge in [0.1, 0.15) is 11.8 Å². The number of imidazole rings is 1. The van der Waals surface area contributed by atoms with E-state index in [1.165, 1.54) is 6.33 Å². The van der Waals surface area contributed by atoms with Crippen LogP contribution in [0.3, 0.4) is 0 Å². The van der Waals surface area contributed by atoms with Gasteiger partial charge in [-0.3, -0.25) is 0 Å². The number of nitrogens with two attached hydrogens (primary N) is 1. The van der Waals surface area contributed by atoms with Crippen molar-refractivity contribution in [3.05, 3.63) is 12.7 Å². The average Bonchev–Trinajstić information content (AvgIpc) is 2.95. The molecule has 2 heterocycles. The molecule has 1 aliphatic rings. The van der Waals surface area contributed by atoms with Crippen molar-refractivity contribution in [3.63, 3.8) is 0 Å². The Balaban J connectivity index is 1.70. The van der Waals surface area contributed by atoms with Crippen molar-refractivity contribution < 1.29 is 4.43 Å². The maximum Gasteiger partial charge on any atom is 0.200 e. The van der Waals surface area contributed by atoms with Crippen LogP contribution in [0.1, 0.15) is 67.3 Å². The fourth-order valence-electron chi connectivity index (χ4n) is 5.20. The molecule has 150 valence electrons. The zero-order valence-corrected chi connectivity index (χ0v) is 18.8. The molecular formula is C20H35N5OSi. The molecule has 1 fully saturated rings. The third-order valence-corrected chi connectivity index (χ3v) is 12.9. The minimum atomic E-state index is -1.83. The largest absolute Gasteiger partial charge is 0.413 e. The second-order valence-corrected chi connectivity index (χ2v) is 14.5. The minimum Gasteiger partial charge on any atom is -0.413 e. The Kier molecular flexibility index (Phi) is 5.63. The summed E-state index contributed by atoms with van der Waals surface area (Å²) in [5.41, 5.74) is 9.32. The predicted molar refractivity (Wildman–Crippen MR) is 113 cm³/mol. The highest BCUT2D eigenvalue weighted by molar-refractivity contribution is 6.77. The SMILES string of the molecule is CC(O[Si](C(C)C)(C(C)C)C(C)C)C1CC(n2cnc3c(N)ncnc32)C1. The van der Waals surface area contributed by atoms with Crippen LogP contribution in [0, 0.1) is 5.92 Å². The summed E-state index contributed by atoms with van der Waals surface area (Å²) in [4.78, 5) is 12.8. The van der Waals surface area contributed by atoms with Crippen LogP contribution in [0.25, 0.3) is 11.2 Å². The van der Waals surface area contributed by atoms with E-state index >= 15 is 0 Å². The fraction of sp³-hybridized carbons (Fsp3) is 0.750. The first-order valence-corrected chi connectivity index (χ1v) is 12.4. The molecule has 2 aromatic rings. The molecule has 0 bridgehead atoms. The number of nitrogen functional groups attached to an aromatic ring is 1. The van der Waals surface area contributed by atoms with E-state index in [-0.39, 0.29) is 0 Å². The molecule has 2 N–H and O–H groups in total.